The molecular formula is C17H19BrN4O. The fraction of sp³-hybridized carbons (Fsp3) is 0.294. The van der Waals surface area contributed by atoms with Gasteiger partial charge in [0.1, 0.15) is 0 Å². The number of hydrogen-bond acceptors (Lipinski definition) is 3. The highest BCUT2D eigenvalue weighted by Gasteiger charge is 2.21. The normalized spacial score (nSPS) is 14.7. The van der Waals surface area contributed by atoms with Crippen molar-refractivity contribution >= 4 is 33.3 Å². The van der Waals surface area contributed by atoms with Gasteiger partial charge in [-0.3, -0.25) is 4.98 Å². The van der Waals surface area contributed by atoms with Crippen molar-refractivity contribution < 1.29 is 4.79 Å². The molecule has 0 bridgehead atoms. The Morgan fingerprint density at radius 2 is 1.83 bits per heavy atom. The predicted molar refractivity (Wildman–Crippen MR) is 95.9 cm³/mol. The van der Waals surface area contributed by atoms with Crippen LogP contribution in [0.5, 0.6) is 0 Å². The first-order chi connectivity index (χ1) is 11.1. The van der Waals surface area contributed by atoms with Gasteiger partial charge in [-0.15, -0.1) is 0 Å². The van der Waals surface area contributed by atoms with E-state index in [2.05, 4.69) is 31.1 Å². The molecule has 0 radical (unpaired) electrons. The van der Waals surface area contributed by atoms with Crippen LogP contribution in [0.15, 0.2) is 47.2 Å². The molecule has 1 aromatic carbocycles. The molecule has 2 heterocycles. The molecule has 1 aliphatic rings. The molecule has 1 aromatic heterocycles. The number of hydrogen-bond donors (Lipinski definition) is 1. The molecule has 0 aliphatic carbocycles. The minimum Gasteiger partial charge on any atom is -0.368 e. The third kappa shape index (κ3) is 3.82. The van der Waals surface area contributed by atoms with Crippen LogP contribution >= 0.6 is 15.9 Å². The van der Waals surface area contributed by atoms with Gasteiger partial charge in [-0.2, -0.15) is 0 Å². The van der Waals surface area contributed by atoms with E-state index < -0.39 is 0 Å². The molecule has 2 aromatic rings. The maximum atomic E-state index is 12.4. The number of carbonyl (C=O) groups is 1. The number of urea groups is 1. The summed E-state index contributed by atoms with van der Waals surface area (Å²) in [4.78, 5) is 20.5. The lowest BCUT2D eigenvalue weighted by molar-refractivity contribution is 0.208. The van der Waals surface area contributed by atoms with Crippen molar-refractivity contribution in [2.75, 3.05) is 36.4 Å². The molecule has 0 unspecified atom stereocenters. The summed E-state index contributed by atoms with van der Waals surface area (Å²) in [5, 5.41) is 2.97. The molecular weight excluding hydrogens is 356 g/mol. The van der Waals surface area contributed by atoms with Gasteiger partial charge in [-0.05, 0) is 42.8 Å². The molecule has 1 N–H and O–H groups in total. The molecule has 1 fully saturated rings. The maximum Gasteiger partial charge on any atom is 0.321 e. The van der Waals surface area contributed by atoms with Crippen LogP contribution in [-0.4, -0.2) is 42.1 Å². The standard InChI is InChI=1S/C17H19BrN4O/c1-13-12-14(2-3-16(13)18)20-17(23)22-10-8-21(9-11-22)15-4-6-19-7-5-15/h2-7,12H,8-11H2,1H3,(H,20,23). The molecule has 5 nitrogen and oxygen atoms in total. The van der Waals surface area contributed by atoms with Gasteiger partial charge < -0.3 is 15.1 Å². The van der Waals surface area contributed by atoms with Gasteiger partial charge in [-0.1, -0.05) is 15.9 Å². The average molecular weight is 375 g/mol. The minimum atomic E-state index is -0.0406. The van der Waals surface area contributed by atoms with Gasteiger partial charge in [0, 0.05) is 54.4 Å². The molecule has 3 rings (SSSR count). The van der Waals surface area contributed by atoms with E-state index in [0.717, 1.165) is 34.5 Å². The smallest absolute Gasteiger partial charge is 0.321 e. The highest BCUT2D eigenvalue weighted by molar-refractivity contribution is 9.10. The number of nitrogens with one attached hydrogen (secondary N) is 1. The number of carbonyl (C=O) groups excluding carboxylic acids is 1. The summed E-state index contributed by atoms with van der Waals surface area (Å²) in [6.07, 6.45) is 3.59. The summed E-state index contributed by atoms with van der Waals surface area (Å²) in [6.45, 7) is 5.09. The number of benzene rings is 1. The zero-order valence-corrected chi connectivity index (χ0v) is 14.6. The van der Waals surface area contributed by atoms with Crippen LogP contribution in [0.3, 0.4) is 0 Å². The van der Waals surface area contributed by atoms with Crippen LogP contribution in [0, 0.1) is 6.92 Å². The van der Waals surface area contributed by atoms with Crippen molar-refractivity contribution in [1.29, 1.82) is 0 Å². The Kier molecular flexibility index (Phi) is 4.81. The first-order valence-electron chi connectivity index (χ1n) is 7.60. The largest absolute Gasteiger partial charge is 0.368 e. The van der Waals surface area contributed by atoms with E-state index in [1.165, 1.54) is 0 Å². The Balaban J connectivity index is 1.57. The SMILES string of the molecule is Cc1cc(NC(=O)N2CCN(c3ccncc3)CC2)ccc1Br. The molecule has 0 saturated carbocycles. The van der Waals surface area contributed by atoms with E-state index in [1.807, 2.05) is 42.2 Å². The molecule has 120 valence electrons. The fourth-order valence-electron chi connectivity index (χ4n) is 2.65. The van der Waals surface area contributed by atoms with Gasteiger partial charge in [0.15, 0.2) is 0 Å². The van der Waals surface area contributed by atoms with Gasteiger partial charge in [0.05, 0.1) is 0 Å². The molecule has 0 spiro atoms. The van der Waals surface area contributed by atoms with Gasteiger partial charge >= 0.3 is 6.03 Å². The molecule has 23 heavy (non-hydrogen) atoms. The van der Waals surface area contributed by atoms with Crippen LogP contribution in [0.1, 0.15) is 5.56 Å². The molecule has 1 aliphatic heterocycles. The number of nitrogens with zero attached hydrogens (tertiary/aromatic N) is 3. The highest BCUT2D eigenvalue weighted by atomic mass is 79.9. The number of rotatable bonds is 2. The summed E-state index contributed by atoms with van der Waals surface area (Å²) in [6, 6.07) is 9.78. The van der Waals surface area contributed by atoms with Crippen molar-refractivity contribution in [3.63, 3.8) is 0 Å². The van der Waals surface area contributed by atoms with Crippen molar-refractivity contribution in [1.82, 2.24) is 9.88 Å². The van der Waals surface area contributed by atoms with E-state index in [0.29, 0.717) is 13.1 Å². The molecule has 6 heteroatoms. The Hall–Kier alpha value is -2.08. The second-order valence-electron chi connectivity index (χ2n) is 5.57. The fourth-order valence-corrected chi connectivity index (χ4v) is 2.89. The Labute approximate surface area is 144 Å². The van der Waals surface area contributed by atoms with Crippen LogP contribution < -0.4 is 10.2 Å². The van der Waals surface area contributed by atoms with Crippen molar-refractivity contribution in [3.8, 4) is 0 Å². The number of aromatic nitrogens is 1. The second-order valence-corrected chi connectivity index (χ2v) is 6.43. The zero-order valence-electron chi connectivity index (χ0n) is 13.0. The Morgan fingerprint density at radius 3 is 2.48 bits per heavy atom. The molecule has 0 atom stereocenters. The topological polar surface area (TPSA) is 48.5 Å². The number of amides is 2. The third-order valence-corrected chi connectivity index (χ3v) is 4.89. The first-order valence-corrected chi connectivity index (χ1v) is 8.40. The van der Waals surface area contributed by atoms with E-state index in [1.54, 1.807) is 12.4 Å². The van der Waals surface area contributed by atoms with Crippen LogP contribution in [-0.2, 0) is 0 Å². The summed E-state index contributed by atoms with van der Waals surface area (Å²) in [5.41, 5.74) is 3.08. The number of halogens is 1. The minimum absolute atomic E-state index is 0.0406. The van der Waals surface area contributed by atoms with E-state index in [-0.39, 0.29) is 6.03 Å². The number of anilines is 2. The summed E-state index contributed by atoms with van der Waals surface area (Å²) < 4.78 is 1.04. The quantitative estimate of drug-likeness (QED) is 0.874. The molecule has 2 amide bonds. The van der Waals surface area contributed by atoms with Crippen LogP contribution in [0.4, 0.5) is 16.2 Å². The van der Waals surface area contributed by atoms with Crippen LogP contribution in [0.25, 0.3) is 0 Å². The molecule has 1 saturated heterocycles. The Bertz CT molecular complexity index is 684. The van der Waals surface area contributed by atoms with Crippen molar-refractivity contribution in [2.45, 2.75) is 6.92 Å². The lowest BCUT2D eigenvalue weighted by atomic mass is 10.2. The van der Waals surface area contributed by atoms with Crippen molar-refractivity contribution in [2.24, 2.45) is 0 Å². The maximum absolute atomic E-state index is 12.4. The average Bonchev–Trinajstić information content (AvgIpc) is 2.59. The monoisotopic (exact) mass is 374 g/mol. The van der Waals surface area contributed by atoms with Gasteiger partial charge in [0.25, 0.3) is 0 Å². The number of aryl methyl sites for hydroxylation is 1. The van der Waals surface area contributed by atoms with E-state index in [9.17, 15) is 4.79 Å². The second kappa shape index (κ2) is 7.00. The number of piperazine rings is 1. The summed E-state index contributed by atoms with van der Waals surface area (Å²) in [5.74, 6) is 0. The summed E-state index contributed by atoms with van der Waals surface area (Å²) >= 11 is 3.47. The zero-order chi connectivity index (χ0) is 16.2. The van der Waals surface area contributed by atoms with Crippen LogP contribution in [0.2, 0.25) is 0 Å². The van der Waals surface area contributed by atoms with Crippen molar-refractivity contribution in [3.05, 3.63) is 52.8 Å². The van der Waals surface area contributed by atoms with E-state index >= 15 is 0 Å². The Morgan fingerprint density at radius 1 is 1.13 bits per heavy atom. The lowest BCUT2D eigenvalue weighted by Gasteiger charge is -2.36. The number of pyridine rings is 1. The highest BCUT2D eigenvalue weighted by Crippen LogP contribution is 2.21. The summed E-state index contributed by atoms with van der Waals surface area (Å²) in [7, 11) is 0. The first kappa shape index (κ1) is 15.8. The van der Waals surface area contributed by atoms with Gasteiger partial charge in [-0.25, -0.2) is 4.79 Å². The van der Waals surface area contributed by atoms with E-state index in [4.69, 9.17) is 0 Å². The third-order valence-electron chi connectivity index (χ3n) is 4.00. The van der Waals surface area contributed by atoms with Gasteiger partial charge in [0.2, 0.25) is 0 Å². The predicted octanol–water partition coefficient (Wildman–Crippen LogP) is 3.51. The lowest BCUT2D eigenvalue weighted by Crippen LogP contribution is -2.50.